The number of H-pyrrole nitrogens is 2. The molecular formula is C7H9N3O3. The molecule has 0 unspecified atom stereocenters. The van der Waals surface area contributed by atoms with Crippen molar-refractivity contribution in [1.29, 1.82) is 0 Å². The van der Waals surface area contributed by atoms with Gasteiger partial charge in [0.1, 0.15) is 0 Å². The fraction of sp³-hybridized carbons (Fsp3) is 0.286. The summed E-state index contributed by atoms with van der Waals surface area (Å²) >= 11 is 0. The van der Waals surface area contributed by atoms with Crippen LogP contribution in [-0.4, -0.2) is 14.5 Å². The molecule has 0 aliphatic carbocycles. The highest BCUT2D eigenvalue weighted by atomic mass is 16.2. The van der Waals surface area contributed by atoms with Crippen molar-refractivity contribution in [2.75, 3.05) is 0 Å². The van der Waals surface area contributed by atoms with E-state index in [0.717, 1.165) is 10.1 Å². The second-order valence-corrected chi connectivity index (χ2v) is 2.77. The van der Waals surface area contributed by atoms with E-state index in [4.69, 9.17) is 0 Å². The van der Waals surface area contributed by atoms with Crippen molar-refractivity contribution in [2.24, 2.45) is 0 Å². The smallest absolute Gasteiger partial charge is 0.259 e. The molecule has 2 N–H and O–H groups in total. The minimum Gasteiger partial charge on any atom is -0.259 e. The molecule has 0 bridgehead atoms. The van der Waals surface area contributed by atoms with Gasteiger partial charge in [0, 0.05) is 6.20 Å². The van der Waals surface area contributed by atoms with Gasteiger partial charge in [-0.25, -0.2) is 19.0 Å². The van der Waals surface area contributed by atoms with Crippen LogP contribution in [-0.2, 0) is 0 Å². The molecule has 70 valence electrons. The molecule has 1 aromatic rings. The van der Waals surface area contributed by atoms with E-state index in [-0.39, 0.29) is 0 Å². The lowest BCUT2D eigenvalue weighted by Crippen LogP contribution is -2.40. The summed E-state index contributed by atoms with van der Waals surface area (Å²) in [6, 6.07) is 0. The van der Waals surface area contributed by atoms with E-state index in [2.05, 4.69) is 0 Å². The Labute approximate surface area is 72.6 Å². The molecule has 1 aromatic heterocycles. The fourth-order valence-electron chi connectivity index (χ4n) is 0.814. The first-order valence-corrected chi connectivity index (χ1v) is 3.61. The fourth-order valence-corrected chi connectivity index (χ4v) is 0.814. The van der Waals surface area contributed by atoms with Crippen LogP contribution in [0.3, 0.4) is 0 Å². The summed E-state index contributed by atoms with van der Waals surface area (Å²) in [7, 11) is 0. The Balaban J connectivity index is 3.57. The molecule has 1 rings (SSSR count). The van der Waals surface area contributed by atoms with E-state index in [1.807, 2.05) is 9.97 Å². The molecule has 0 atom stereocenters. The highest BCUT2D eigenvalue weighted by Gasteiger charge is 1.98. The van der Waals surface area contributed by atoms with Gasteiger partial charge in [0.25, 0.3) is 0 Å². The van der Waals surface area contributed by atoms with Crippen LogP contribution < -0.4 is 17.1 Å². The van der Waals surface area contributed by atoms with Gasteiger partial charge in [-0.15, -0.1) is 0 Å². The first kappa shape index (κ1) is 9.24. The van der Waals surface area contributed by atoms with Gasteiger partial charge in [0.05, 0.1) is 0 Å². The Morgan fingerprint density at radius 2 is 1.62 bits per heavy atom. The maximum absolute atomic E-state index is 11.0. The van der Waals surface area contributed by atoms with Crippen LogP contribution in [0.2, 0.25) is 0 Å². The molecule has 0 spiro atoms. The maximum Gasteiger partial charge on any atom is 0.337 e. The molecule has 6 heteroatoms. The molecule has 6 nitrogen and oxygen atoms in total. The van der Waals surface area contributed by atoms with E-state index in [1.165, 1.54) is 6.20 Å². The van der Waals surface area contributed by atoms with Crippen LogP contribution in [0.5, 0.6) is 0 Å². The first-order valence-electron chi connectivity index (χ1n) is 3.61. The summed E-state index contributed by atoms with van der Waals surface area (Å²) in [4.78, 5) is 36.6. The second-order valence-electron chi connectivity index (χ2n) is 2.77. The van der Waals surface area contributed by atoms with Gasteiger partial charge < -0.3 is 0 Å². The predicted octanol–water partition coefficient (Wildman–Crippen LogP) is -0.894. The summed E-state index contributed by atoms with van der Waals surface area (Å²) in [5.41, 5.74) is -1.50. The van der Waals surface area contributed by atoms with E-state index in [0.29, 0.717) is 0 Å². The SMILES string of the molecule is CC(C)=Cn1c(=O)[nH]c(=O)[nH]c1=O. The molecular weight excluding hydrogens is 174 g/mol. The number of nitrogens with zero attached hydrogens (tertiary/aromatic N) is 1. The van der Waals surface area contributed by atoms with Crippen LogP contribution in [0.4, 0.5) is 0 Å². The third kappa shape index (κ3) is 2.05. The van der Waals surface area contributed by atoms with E-state index in [9.17, 15) is 14.4 Å². The third-order valence-corrected chi connectivity index (χ3v) is 1.27. The summed E-state index contributed by atoms with van der Waals surface area (Å²) in [5, 5.41) is 0. The van der Waals surface area contributed by atoms with Crippen LogP contribution in [0.15, 0.2) is 20.0 Å². The van der Waals surface area contributed by atoms with Crippen molar-refractivity contribution in [1.82, 2.24) is 14.5 Å². The average molecular weight is 183 g/mol. The van der Waals surface area contributed by atoms with Gasteiger partial charge in [-0.1, -0.05) is 5.57 Å². The van der Waals surface area contributed by atoms with Crippen molar-refractivity contribution in [3.05, 3.63) is 37.0 Å². The molecule has 1 heterocycles. The third-order valence-electron chi connectivity index (χ3n) is 1.27. The molecule has 0 saturated carbocycles. The maximum atomic E-state index is 11.0. The van der Waals surface area contributed by atoms with Crippen molar-refractivity contribution in [3.63, 3.8) is 0 Å². The van der Waals surface area contributed by atoms with Crippen molar-refractivity contribution in [2.45, 2.75) is 13.8 Å². The molecule has 0 amide bonds. The number of aromatic amines is 2. The number of hydrogen-bond donors (Lipinski definition) is 2. The minimum absolute atomic E-state index is 0.741. The van der Waals surface area contributed by atoms with E-state index < -0.39 is 17.1 Å². The highest BCUT2D eigenvalue weighted by Crippen LogP contribution is 1.86. The Hall–Kier alpha value is -1.85. The summed E-state index contributed by atoms with van der Waals surface area (Å²) < 4.78 is 0.802. The van der Waals surface area contributed by atoms with Crippen LogP contribution >= 0.6 is 0 Å². The average Bonchev–Trinajstić information content (AvgIpc) is 1.96. The largest absolute Gasteiger partial charge is 0.337 e. The Morgan fingerprint density at radius 1 is 1.15 bits per heavy atom. The van der Waals surface area contributed by atoms with Gasteiger partial charge in [-0.2, -0.15) is 0 Å². The quantitative estimate of drug-likeness (QED) is 0.591. The van der Waals surface area contributed by atoms with Crippen molar-refractivity contribution >= 4 is 6.20 Å². The molecule has 0 aliphatic rings. The molecule has 0 radical (unpaired) electrons. The van der Waals surface area contributed by atoms with Gasteiger partial charge in [0.15, 0.2) is 0 Å². The predicted molar refractivity (Wildman–Crippen MR) is 47.6 cm³/mol. The van der Waals surface area contributed by atoms with Gasteiger partial charge in [0.2, 0.25) is 0 Å². The first-order chi connectivity index (χ1) is 6.00. The van der Waals surface area contributed by atoms with Crippen molar-refractivity contribution in [3.8, 4) is 0 Å². The van der Waals surface area contributed by atoms with E-state index in [1.54, 1.807) is 13.8 Å². The number of hydrogen-bond acceptors (Lipinski definition) is 3. The lowest BCUT2D eigenvalue weighted by Gasteiger charge is -1.95. The number of nitrogens with one attached hydrogen (secondary N) is 2. The molecule has 0 saturated heterocycles. The number of rotatable bonds is 1. The summed E-state index contributed by atoms with van der Waals surface area (Å²) in [6.45, 7) is 3.47. The van der Waals surface area contributed by atoms with Gasteiger partial charge in [-0.3, -0.25) is 9.97 Å². The summed E-state index contributed by atoms with van der Waals surface area (Å²) in [5.74, 6) is 0. The van der Waals surface area contributed by atoms with Crippen LogP contribution in [0.1, 0.15) is 13.8 Å². The zero-order valence-electron chi connectivity index (χ0n) is 7.25. The second kappa shape index (κ2) is 3.26. The zero-order valence-corrected chi connectivity index (χ0v) is 7.25. The van der Waals surface area contributed by atoms with E-state index >= 15 is 0 Å². The normalized spacial score (nSPS) is 9.69. The summed E-state index contributed by atoms with van der Waals surface area (Å²) in [6.07, 6.45) is 1.34. The lowest BCUT2D eigenvalue weighted by molar-refractivity contribution is 0.810. The molecule has 0 aliphatic heterocycles. The number of aromatic nitrogens is 3. The van der Waals surface area contributed by atoms with Gasteiger partial charge in [-0.05, 0) is 13.8 Å². The highest BCUT2D eigenvalue weighted by molar-refractivity contribution is 5.25. The Morgan fingerprint density at radius 3 is 2.00 bits per heavy atom. The number of allylic oxidation sites excluding steroid dienone is 1. The monoisotopic (exact) mass is 183 g/mol. The molecule has 13 heavy (non-hydrogen) atoms. The molecule has 0 fully saturated rings. The lowest BCUT2D eigenvalue weighted by atomic mass is 10.4. The van der Waals surface area contributed by atoms with Crippen LogP contribution in [0.25, 0.3) is 6.20 Å². The Bertz CT molecular complexity index is 464. The van der Waals surface area contributed by atoms with Crippen molar-refractivity contribution < 1.29 is 0 Å². The van der Waals surface area contributed by atoms with Crippen LogP contribution in [0, 0.1) is 0 Å². The topological polar surface area (TPSA) is 87.7 Å². The minimum atomic E-state index is -0.798. The van der Waals surface area contributed by atoms with Gasteiger partial charge >= 0.3 is 17.1 Å². The standard InChI is InChI=1S/C7H9N3O3/c1-4(2)3-10-6(12)8-5(11)9-7(10)13/h3H,1-2H3,(H2,8,9,11,12,13). The Kier molecular flexibility index (Phi) is 2.32. The molecule has 0 aromatic carbocycles. The zero-order chi connectivity index (χ0) is 10.0.